The molecule has 20 heavy (non-hydrogen) atoms. The second kappa shape index (κ2) is 6.37. The minimum absolute atomic E-state index is 0.0351. The van der Waals surface area contributed by atoms with E-state index in [1.165, 1.54) is 0 Å². The Morgan fingerprint density at radius 1 is 1.45 bits per heavy atom. The Labute approximate surface area is 118 Å². The molecule has 1 aromatic rings. The van der Waals surface area contributed by atoms with Gasteiger partial charge in [-0.25, -0.2) is 0 Å². The number of rotatable bonds is 5. The van der Waals surface area contributed by atoms with Gasteiger partial charge in [-0.2, -0.15) is 0 Å². The molecule has 3 atom stereocenters. The predicted molar refractivity (Wildman–Crippen MR) is 72.0 cm³/mol. The summed E-state index contributed by atoms with van der Waals surface area (Å²) in [6.07, 6.45) is 1.61. The number of aliphatic hydroxyl groups is 2. The first-order valence-corrected chi connectivity index (χ1v) is 7.01. The SMILES string of the molecule is Cc1noc(C)c1CCC(=O)N[C@H]1C[C@H](CO)[C@H](O)C1. The van der Waals surface area contributed by atoms with E-state index in [2.05, 4.69) is 10.5 Å². The normalized spacial score (nSPS) is 25.9. The van der Waals surface area contributed by atoms with E-state index in [-0.39, 0.29) is 24.5 Å². The van der Waals surface area contributed by atoms with Crippen molar-refractivity contribution in [2.75, 3.05) is 6.61 Å². The number of hydrogen-bond acceptors (Lipinski definition) is 5. The molecule has 1 aliphatic carbocycles. The summed E-state index contributed by atoms with van der Waals surface area (Å²) >= 11 is 0. The number of nitrogens with zero attached hydrogens (tertiary/aromatic N) is 1. The number of aromatic nitrogens is 1. The Bertz CT molecular complexity index is 452. The maximum atomic E-state index is 11.9. The van der Waals surface area contributed by atoms with Gasteiger partial charge < -0.3 is 20.1 Å². The molecule has 6 heteroatoms. The van der Waals surface area contributed by atoms with Gasteiger partial charge >= 0.3 is 0 Å². The third-order valence-corrected chi connectivity index (χ3v) is 4.04. The number of nitrogens with one attached hydrogen (secondary N) is 1. The van der Waals surface area contributed by atoms with Gasteiger partial charge in [-0.3, -0.25) is 4.79 Å². The van der Waals surface area contributed by atoms with Crippen molar-refractivity contribution in [1.29, 1.82) is 0 Å². The quantitative estimate of drug-likeness (QED) is 0.729. The Morgan fingerprint density at radius 3 is 2.75 bits per heavy atom. The zero-order valence-electron chi connectivity index (χ0n) is 11.9. The van der Waals surface area contributed by atoms with Crippen molar-refractivity contribution < 1.29 is 19.5 Å². The molecule has 0 spiro atoms. The second-order valence-corrected chi connectivity index (χ2v) is 5.55. The first-order valence-electron chi connectivity index (χ1n) is 7.01. The summed E-state index contributed by atoms with van der Waals surface area (Å²) in [6.45, 7) is 3.67. The standard InChI is InChI=1S/C14H22N2O4/c1-8-12(9(2)20-16-8)3-4-14(19)15-11-5-10(7-17)13(18)6-11/h10-11,13,17-18H,3-7H2,1-2H3,(H,15,19)/t10-,11+,13-/m1/s1. The van der Waals surface area contributed by atoms with Crippen LogP contribution in [-0.2, 0) is 11.2 Å². The van der Waals surface area contributed by atoms with E-state index in [9.17, 15) is 9.90 Å². The van der Waals surface area contributed by atoms with Crippen molar-refractivity contribution in [2.45, 2.75) is 51.7 Å². The molecule has 3 N–H and O–H groups in total. The number of aliphatic hydroxyl groups excluding tert-OH is 2. The third-order valence-electron chi connectivity index (χ3n) is 4.04. The van der Waals surface area contributed by atoms with Crippen LogP contribution >= 0.6 is 0 Å². The minimum Gasteiger partial charge on any atom is -0.396 e. The molecule has 0 radical (unpaired) electrons. The van der Waals surface area contributed by atoms with Crippen LogP contribution in [0.1, 0.15) is 36.3 Å². The van der Waals surface area contributed by atoms with Crippen molar-refractivity contribution in [3.05, 3.63) is 17.0 Å². The average Bonchev–Trinajstić information content (AvgIpc) is 2.91. The van der Waals surface area contributed by atoms with Crippen molar-refractivity contribution in [2.24, 2.45) is 5.92 Å². The smallest absolute Gasteiger partial charge is 0.220 e. The fourth-order valence-electron chi connectivity index (χ4n) is 2.81. The van der Waals surface area contributed by atoms with Crippen LogP contribution in [0.5, 0.6) is 0 Å². The van der Waals surface area contributed by atoms with E-state index < -0.39 is 6.10 Å². The highest BCUT2D eigenvalue weighted by Gasteiger charge is 2.33. The molecule has 112 valence electrons. The van der Waals surface area contributed by atoms with Crippen LogP contribution in [0, 0.1) is 19.8 Å². The van der Waals surface area contributed by atoms with Crippen molar-refractivity contribution in [3.8, 4) is 0 Å². The Hall–Kier alpha value is -1.40. The van der Waals surface area contributed by atoms with Gasteiger partial charge in [0, 0.05) is 30.6 Å². The van der Waals surface area contributed by atoms with Gasteiger partial charge in [0.2, 0.25) is 5.91 Å². The fraction of sp³-hybridized carbons (Fsp3) is 0.714. The molecule has 1 amide bonds. The van der Waals surface area contributed by atoms with Gasteiger partial charge in [0.15, 0.2) is 0 Å². The minimum atomic E-state index is -0.520. The summed E-state index contributed by atoms with van der Waals surface area (Å²) in [5.74, 6) is 0.593. The Kier molecular flexibility index (Phi) is 4.77. The maximum absolute atomic E-state index is 11.9. The molecule has 0 aromatic carbocycles. The van der Waals surface area contributed by atoms with Crippen molar-refractivity contribution in [3.63, 3.8) is 0 Å². The fourth-order valence-corrected chi connectivity index (χ4v) is 2.81. The molecule has 1 saturated carbocycles. The second-order valence-electron chi connectivity index (χ2n) is 5.55. The van der Waals surface area contributed by atoms with Gasteiger partial charge in [0.05, 0.1) is 11.8 Å². The molecule has 1 fully saturated rings. The molecule has 1 heterocycles. The van der Waals surface area contributed by atoms with Crippen LogP contribution in [0.3, 0.4) is 0 Å². The predicted octanol–water partition coefficient (Wildman–Crippen LogP) is 0.472. The molecule has 0 aliphatic heterocycles. The summed E-state index contributed by atoms with van der Waals surface area (Å²) < 4.78 is 5.06. The van der Waals surface area contributed by atoms with E-state index in [4.69, 9.17) is 9.63 Å². The van der Waals surface area contributed by atoms with Crippen LogP contribution in [0.2, 0.25) is 0 Å². The first kappa shape index (κ1) is 15.0. The van der Waals surface area contributed by atoms with E-state index in [1.807, 2.05) is 13.8 Å². The van der Waals surface area contributed by atoms with Crippen LogP contribution in [-0.4, -0.2) is 40.0 Å². The largest absolute Gasteiger partial charge is 0.396 e. The lowest BCUT2D eigenvalue weighted by Gasteiger charge is -2.12. The summed E-state index contributed by atoms with van der Waals surface area (Å²) in [7, 11) is 0. The monoisotopic (exact) mass is 282 g/mol. The molecule has 2 rings (SSSR count). The van der Waals surface area contributed by atoms with Gasteiger partial charge in [-0.15, -0.1) is 0 Å². The number of hydrogen-bond donors (Lipinski definition) is 3. The summed E-state index contributed by atoms with van der Waals surface area (Å²) in [6, 6.07) is -0.0423. The van der Waals surface area contributed by atoms with Gasteiger partial charge in [-0.05, 0) is 33.1 Å². The lowest BCUT2D eigenvalue weighted by atomic mass is 10.1. The molecule has 6 nitrogen and oxygen atoms in total. The number of amides is 1. The molecule has 1 aromatic heterocycles. The highest BCUT2D eigenvalue weighted by atomic mass is 16.5. The van der Waals surface area contributed by atoms with E-state index in [0.29, 0.717) is 25.7 Å². The number of carbonyl (C=O) groups excluding carboxylic acids is 1. The van der Waals surface area contributed by atoms with Crippen LogP contribution in [0.25, 0.3) is 0 Å². The lowest BCUT2D eigenvalue weighted by Crippen LogP contribution is -2.33. The lowest BCUT2D eigenvalue weighted by molar-refractivity contribution is -0.121. The van der Waals surface area contributed by atoms with Crippen molar-refractivity contribution in [1.82, 2.24) is 10.5 Å². The average molecular weight is 282 g/mol. The summed E-state index contributed by atoms with van der Waals surface area (Å²) in [5.41, 5.74) is 1.81. The third kappa shape index (κ3) is 3.37. The molecular weight excluding hydrogens is 260 g/mol. The highest BCUT2D eigenvalue weighted by Crippen LogP contribution is 2.25. The van der Waals surface area contributed by atoms with E-state index >= 15 is 0 Å². The number of aryl methyl sites for hydroxylation is 2. The van der Waals surface area contributed by atoms with Crippen LogP contribution in [0.15, 0.2) is 4.52 Å². The molecule has 1 aliphatic rings. The van der Waals surface area contributed by atoms with Gasteiger partial charge in [0.25, 0.3) is 0 Å². The van der Waals surface area contributed by atoms with E-state index in [0.717, 1.165) is 17.0 Å². The molecule has 0 unspecified atom stereocenters. The molecule has 0 bridgehead atoms. The number of carbonyl (C=O) groups is 1. The maximum Gasteiger partial charge on any atom is 0.220 e. The Morgan fingerprint density at radius 2 is 2.20 bits per heavy atom. The van der Waals surface area contributed by atoms with Gasteiger partial charge in [0.1, 0.15) is 5.76 Å². The van der Waals surface area contributed by atoms with Gasteiger partial charge in [-0.1, -0.05) is 5.16 Å². The zero-order valence-corrected chi connectivity index (χ0v) is 11.9. The molecular formula is C14H22N2O4. The van der Waals surface area contributed by atoms with E-state index in [1.54, 1.807) is 0 Å². The van der Waals surface area contributed by atoms with Crippen LogP contribution < -0.4 is 5.32 Å². The highest BCUT2D eigenvalue weighted by molar-refractivity contribution is 5.76. The zero-order chi connectivity index (χ0) is 14.7. The first-order chi connectivity index (χ1) is 9.51. The van der Waals surface area contributed by atoms with Crippen molar-refractivity contribution >= 4 is 5.91 Å². The summed E-state index contributed by atoms with van der Waals surface area (Å²) in [5, 5.41) is 25.6. The molecule has 0 saturated heterocycles. The topological polar surface area (TPSA) is 95.6 Å². The van der Waals surface area contributed by atoms with Crippen LogP contribution in [0.4, 0.5) is 0 Å². The Balaban J connectivity index is 1.79. The summed E-state index contributed by atoms with van der Waals surface area (Å²) in [4.78, 5) is 11.9.